The lowest BCUT2D eigenvalue weighted by Gasteiger charge is -2.31. The highest BCUT2D eigenvalue weighted by Crippen LogP contribution is 2.30. The van der Waals surface area contributed by atoms with Gasteiger partial charge in [0.05, 0.1) is 12.3 Å². The molecule has 0 radical (unpaired) electrons. The first-order valence-electron chi connectivity index (χ1n) is 6.81. The summed E-state index contributed by atoms with van der Waals surface area (Å²) in [6.45, 7) is 8.06. The van der Waals surface area contributed by atoms with Gasteiger partial charge in [-0.05, 0) is 53.9 Å². The summed E-state index contributed by atoms with van der Waals surface area (Å²) in [6.07, 6.45) is 1.10. The molecule has 0 saturated carbocycles. The van der Waals surface area contributed by atoms with E-state index in [2.05, 4.69) is 52.9 Å². The van der Waals surface area contributed by atoms with Crippen molar-refractivity contribution in [3.05, 3.63) is 28.2 Å². The molecule has 19 heavy (non-hydrogen) atoms. The lowest BCUT2D eigenvalue weighted by Crippen LogP contribution is -2.35. The molecule has 4 heteroatoms. The first kappa shape index (κ1) is 16.5. The molecule has 0 saturated heterocycles. The van der Waals surface area contributed by atoms with Gasteiger partial charge in [0.25, 0.3) is 0 Å². The van der Waals surface area contributed by atoms with Crippen LogP contribution in [0.25, 0.3) is 0 Å². The average molecular weight is 329 g/mol. The molecular formula is C15H25BrN2O. The van der Waals surface area contributed by atoms with E-state index in [1.807, 2.05) is 6.92 Å². The minimum atomic E-state index is 0.0568. The fourth-order valence-corrected chi connectivity index (χ4v) is 2.65. The van der Waals surface area contributed by atoms with Gasteiger partial charge < -0.3 is 15.4 Å². The van der Waals surface area contributed by atoms with Gasteiger partial charge in [-0.15, -0.1) is 0 Å². The lowest BCUT2D eigenvalue weighted by molar-refractivity contribution is 0.203. The summed E-state index contributed by atoms with van der Waals surface area (Å²) in [7, 11) is 1.74. The Hall–Kier alpha value is -0.580. The van der Waals surface area contributed by atoms with E-state index in [1.54, 1.807) is 7.11 Å². The van der Waals surface area contributed by atoms with Gasteiger partial charge in [0.2, 0.25) is 0 Å². The predicted molar refractivity (Wildman–Crippen MR) is 85.7 cm³/mol. The number of nitrogens with two attached hydrogens (primary N) is 1. The Morgan fingerprint density at radius 3 is 2.53 bits per heavy atom. The van der Waals surface area contributed by atoms with Crippen molar-refractivity contribution in [3.8, 4) is 0 Å². The van der Waals surface area contributed by atoms with Gasteiger partial charge in [-0.25, -0.2) is 0 Å². The second-order valence-electron chi connectivity index (χ2n) is 4.94. The Morgan fingerprint density at radius 1 is 1.37 bits per heavy atom. The largest absolute Gasteiger partial charge is 0.383 e. The zero-order valence-corrected chi connectivity index (χ0v) is 13.9. The predicted octanol–water partition coefficient (Wildman–Crippen LogP) is 3.72. The molecule has 1 aromatic rings. The van der Waals surface area contributed by atoms with E-state index in [9.17, 15) is 0 Å². The Labute approximate surface area is 125 Å². The Morgan fingerprint density at radius 2 is 2.05 bits per heavy atom. The number of hydrogen-bond acceptors (Lipinski definition) is 3. The van der Waals surface area contributed by atoms with Gasteiger partial charge in [-0.3, -0.25) is 0 Å². The summed E-state index contributed by atoms with van der Waals surface area (Å²) < 4.78 is 6.31. The summed E-state index contributed by atoms with van der Waals surface area (Å²) in [5, 5.41) is 0. The van der Waals surface area contributed by atoms with Crippen LogP contribution in [0.3, 0.4) is 0 Å². The number of methoxy groups -OCH3 is 1. The average Bonchev–Trinajstić information content (AvgIpc) is 2.39. The summed E-state index contributed by atoms with van der Waals surface area (Å²) >= 11 is 3.67. The number of anilines is 1. The summed E-state index contributed by atoms with van der Waals surface area (Å²) in [4.78, 5) is 2.37. The summed E-state index contributed by atoms with van der Waals surface area (Å²) in [5.41, 5.74) is 8.27. The van der Waals surface area contributed by atoms with Crippen LogP contribution in [-0.2, 0) is 4.74 Å². The van der Waals surface area contributed by atoms with Crippen LogP contribution in [0.1, 0.15) is 38.8 Å². The molecule has 0 heterocycles. The molecule has 0 amide bonds. The van der Waals surface area contributed by atoms with E-state index >= 15 is 0 Å². The molecule has 0 fully saturated rings. The van der Waals surface area contributed by atoms with Crippen molar-refractivity contribution in [2.24, 2.45) is 5.73 Å². The highest BCUT2D eigenvalue weighted by Gasteiger charge is 2.16. The van der Waals surface area contributed by atoms with Gasteiger partial charge >= 0.3 is 0 Å². The second kappa shape index (κ2) is 7.88. The first-order chi connectivity index (χ1) is 9.01. The van der Waals surface area contributed by atoms with Crippen LogP contribution >= 0.6 is 15.9 Å². The van der Waals surface area contributed by atoms with Gasteiger partial charge in [0.15, 0.2) is 0 Å². The molecule has 0 aliphatic heterocycles. The van der Waals surface area contributed by atoms with Crippen molar-refractivity contribution >= 4 is 21.6 Å². The molecule has 108 valence electrons. The third-order valence-electron chi connectivity index (χ3n) is 3.47. The molecule has 1 aromatic carbocycles. The summed E-state index contributed by atoms with van der Waals surface area (Å²) in [5.74, 6) is 0. The number of hydrogen-bond donors (Lipinski definition) is 1. The van der Waals surface area contributed by atoms with Gasteiger partial charge in [-0.1, -0.05) is 13.0 Å². The molecular weight excluding hydrogens is 304 g/mol. The van der Waals surface area contributed by atoms with Crippen molar-refractivity contribution in [2.45, 2.75) is 39.3 Å². The standard InChI is InChI=1S/C15H25BrN2O/c1-5-11(2)18(8-9-19-4)15-7-6-13(12(3)17)10-14(15)16/h6-7,10-12H,5,8-9,17H2,1-4H3. The minimum Gasteiger partial charge on any atom is -0.383 e. The topological polar surface area (TPSA) is 38.5 Å². The quantitative estimate of drug-likeness (QED) is 0.829. The molecule has 3 nitrogen and oxygen atoms in total. The fraction of sp³-hybridized carbons (Fsp3) is 0.600. The summed E-state index contributed by atoms with van der Waals surface area (Å²) in [6, 6.07) is 6.90. The Kier molecular flexibility index (Phi) is 6.83. The molecule has 0 aromatic heterocycles. The van der Waals surface area contributed by atoms with Crippen molar-refractivity contribution in [1.29, 1.82) is 0 Å². The van der Waals surface area contributed by atoms with Crippen molar-refractivity contribution < 1.29 is 4.74 Å². The van der Waals surface area contributed by atoms with Gasteiger partial charge in [0, 0.05) is 30.2 Å². The Balaban J connectivity index is 3.01. The van der Waals surface area contributed by atoms with Crippen LogP contribution in [0.15, 0.2) is 22.7 Å². The first-order valence-corrected chi connectivity index (χ1v) is 7.61. The van der Waals surface area contributed by atoms with Crippen molar-refractivity contribution in [1.82, 2.24) is 0 Å². The highest BCUT2D eigenvalue weighted by atomic mass is 79.9. The molecule has 0 aliphatic rings. The van der Waals surface area contributed by atoms with E-state index in [0.29, 0.717) is 6.04 Å². The maximum atomic E-state index is 5.92. The molecule has 2 atom stereocenters. The minimum absolute atomic E-state index is 0.0568. The smallest absolute Gasteiger partial charge is 0.0637 e. The monoisotopic (exact) mass is 328 g/mol. The number of halogens is 1. The van der Waals surface area contributed by atoms with Crippen LogP contribution in [0.4, 0.5) is 5.69 Å². The molecule has 1 rings (SSSR count). The van der Waals surface area contributed by atoms with Crippen molar-refractivity contribution in [2.75, 3.05) is 25.2 Å². The van der Waals surface area contributed by atoms with Gasteiger partial charge in [0.1, 0.15) is 0 Å². The second-order valence-corrected chi connectivity index (χ2v) is 5.80. The van der Waals surface area contributed by atoms with E-state index < -0.39 is 0 Å². The van der Waals surface area contributed by atoms with E-state index in [4.69, 9.17) is 10.5 Å². The van der Waals surface area contributed by atoms with Crippen LogP contribution in [-0.4, -0.2) is 26.3 Å². The van der Waals surface area contributed by atoms with Crippen molar-refractivity contribution in [3.63, 3.8) is 0 Å². The normalized spacial score (nSPS) is 14.2. The number of benzene rings is 1. The molecule has 2 N–H and O–H groups in total. The van der Waals surface area contributed by atoms with Crippen LogP contribution in [0, 0.1) is 0 Å². The number of ether oxygens (including phenoxy) is 1. The molecule has 0 spiro atoms. The Bertz CT molecular complexity index is 396. The van der Waals surface area contributed by atoms with Crippen LogP contribution in [0.5, 0.6) is 0 Å². The molecule has 0 bridgehead atoms. The highest BCUT2D eigenvalue weighted by molar-refractivity contribution is 9.10. The zero-order chi connectivity index (χ0) is 14.4. The third-order valence-corrected chi connectivity index (χ3v) is 4.10. The molecule has 0 aliphatic carbocycles. The van der Waals surface area contributed by atoms with Crippen LogP contribution < -0.4 is 10.6 Å². The number of rotatable bonds is 7. The van der Waals surface area contributed by atoms with E-state index in [-0.39, 0.29) is 6.04 Å². The lowest BCUT2D eigenvalue weighted by atomic mass is 10.1. The fourth-order valence-electron chi connectivity index (χ4n) is 2.03. The SMILES string of the molecule is CCC(C)N(CCOC)c1ccc(C(C)N)cc1Br. The number of nitrogens with zero attached hydrogens (tertiary/aromatic N) is 1. The van der Waals surface area contributed by atoms with Crippen LogP contribution in [0.2, 0.25) is 0 Å². The zero-order valence-electron chi connectivity index (χ0n) is 12.3. The van der Waals surface area contributed by atoms with Gasteiger partial charge in [-0.2, -0.15) is 0 Å². The third kappa shape index (κ3) is 4.48. The maximum Gasteiger partial charge on any atom is 0.0637 e. The van der Waals surface area contributed by atoms with E-state index in [1.165, 1.54) is 5.69 Å². The van der Waals surface area contributed by atoms with E-state index in [0.717, 1.165) is 29.6 Å². The molecule has 2 unspecified atom stereocenters. The maximum absolute atomic E-state index is 5.92.